The third kappa shape index (κ3) is 4.40. The van der Waals surface area contributed by atoms with Crippen LogP contribution in [0, 0.1) is 0 Å². The fraction of sp³-hybridized carbons (Fsp3) is 0.250. The molecule has 2 aromatic carbocycles. The number of para-hydroxylation sites is 1. The van der Waals surface area contributed by atoms with E-state index < -0.39 is 18.6 Å². The number of aliphatic hydroxyl groups is 1. The van der Waals surface area contributed by atoms with Gasteiger partial charge in [-0.3, -0.25) is 0 Å². The molecule has 0 spiro atoms. The van der Waals surface area contributed by atoms with Crippen molar-refractivity contribution in [2.45, 2.75) is 18.6 Å². The van der Waals surface area contributed by atoms with Gasteiger partial charge in [-0.15, -0.1) is 12.4 Å². The third-order valence-corrected chi connectivity index (χ3v) is 3.16. The Hall–Kier alpha value is -1.69. The summed E-state index contributed by atoms with van der Waals surface area (Å²) in [5.74, 6) is -3.10. The predicted octanol–water partition coefficient (Wildman–Crippen LogP) is 3.31. The first kappa shape index (κ1) is 18.4. The zero-order valence-electron chi connectivity index (χ0n) is 11.8. The molecule has 0 saturated carbocycles. The zero-order valence-corrected chi connectivity index (χ0v) is 12.6. The van der Waals surface area contributed by atoms with Crippen molar-refractivity contribution in [2.24, 2.45) is 5.73 Å². The molecule has 0 aliphatic carbocycles. The third-order valence-electron chi connectivity index (χ3n) is 3.16. The van der Waals surface area contributed by atoms with Gasteiger partial charge in [0.25, 0.3) is 5.92 Å². The van der Waals surface area contributed by atoms with E-state index in [1.165, 1.54) is 6.07 Å². The summed E-state index contributed by atoms with van der Waals surface area (Å²) in [7, 11) is 0. The molecule has 22 heavy (non-hydrogen) atoms. The molecular weight excluding hydrogens is 312 g/mol. The van der Waals surface area contributed by atoms with Crippen molar-refractivity contribution >= 4 is 12.4 Å². The maximum atomic E-state index is 13.5. The van der Waals surface area contributed by atoms with Gasteiger partial charge in [0.2, 0.25) is 0 Å². The van der Waals surface area contributed by atoms with Crippen LogP contribution in [-0.4, -0.2) is 17.6 Å². The second-order valence-corrected chi connectivity index (χ2v) is 4.71. The van der Waals surface area contributed by atoms with E-state index in [1.807, 2.05) is 30.3 Å². The van der Waals surface area contributed by atoms with E-state index in [0.717, 1.165) is 5.56 Å². The van der Waals surface area contributed by atoms with Crippen LogP contribution >= 0.6 is 12.4 Å². The standard InChI is InChI=1S/C16H17F2NO2.ClH/c17-16(18,11-20)15(19)13-8-4-5-9-14(13)21-10-12-6-2-1-3-7-12;/h1-9,15,20H,10-11,19H2;1H/t15-;/m0./s1. The van der Waals surface area contributed by atoms with E-state index in [0.29, 0.717) is 5.75 Å². The van der Waals surface area contributed by atoms with Gasteiger partial charge in [-0.1, -0.05) is 48.5 Å². The summed E-state index contributed by atoms with van der Waals surface area (Å²) in [6, 6.07) is 14.1. The summed E-state index contributed by atoms with van der Waals surface area (Å²) in [6.45, 7) is -1.05. The van der Waals surface area contributed by atoms with E-state index in [4.69, 9.17) is 15.6 Å². The maximum Gasteiger partial charge on any atom is 0.289 e. The van der Waals surface area contributed by atoms with Gasteiger partial charge < -0.3 is 15.6 Å². The summed E-state index contributed by atoms with van der Waals surface area (Å²) in [4.78, 5) is 0. The van der Waals surface area contributed by atoms with Gasteiger partial charge in [-0.25, -0.2) is 8.78 Å². The Morgan fingerprint density at radius 1 is 1.05 bits per heavy atom. The molecule has 3 nitrogen and oxygen atoms in total. The lowest BCUT2D eigenvalue weighted by Gasteiger charge is -2.23. The quantitative estimate of drug-likeness (QED) is 0.855. The molecular formula is C16H18ClF2NO2. The van der Waals surface area contributed by atoms with Crippen molar-refractivity contribution in [3.8, 4) is 5.75 Å². The lowest BCUT2D eigenvalue weighted by atomic mass is 10.0. The van der Waals surface area contributed by atoms with Crippen molar-refractivity contribution in [1.82, 2.24) is 0 Å². The van der Waals surface area contributed by atoms with E-state index in [9.17, 15) is 8.78 Å². The molecule has 1 atom stereocenters. The van der Waals surface area contributed by atoms with Gasteiger partial charge in [0.15, 0.2) is 0 Å². The van der Waals surface area contributed by atoms with E-state index in [1.54, 1.807) is 18.2 Å². The van der Waals surface area contributed by atoms with Gasteiger partial charge in [0.1, 0.15) is 25.0 Å². The molecule has 6 heteroatoms. The topological polar surface area (TPSA) is 55.5 Å². The zero-order chi connectivity index (χ0) is 15.3. The van der Waals surface area contributed by atoms with Crippen LogP contribution in [0.4, 0.5) is 8.78 Å². The molecule has 0 fully saturated rings. The first-order valence-corrected chi connectivity index (χ1v) is 6.54. The number of rotatable bonds is 6. The largest absolute Gasteiger partial charge is 0.489 e. The number of benzene rings is 2. The molecule has 3 N–H and O–H groups in total. The van der Waals surface area contributed by atoms with Crippen molar-refractivity contribution in [2.75, 3.05) is 6.61 Å². The number of hydrogen-bond donors (Lipinski definition) is 2. The normalized spacial score (nSPS) is 12.4. The lowest BCUT2D eigenvalue weighted by Crippen LogP contribution is -2.36. The SMILES string of the molecule is Cl.N[C@@H](c1ccccc1OCc1ccccc1)C(F)(F)CO. The van der Waals surface area contributed by atoms with Gasteiger partial charge in [0, 0.05) is 5.56 Å². The Kier molecular flexibility index (Phi) is 6.74. The number of nitrogens with two attached hydrogens (primary N) is 1. The number of ether oxygens (including phenoxy) is 1. The Labute approximate surface area is 134 Å². The summed E-state index contributed by atoms with van der Waals surface area (Å²) < 4.78 is 32.7. The van der Waals surface area contributed by atoms with Crippen molar-refractivity contribution < 1.29 is 18.6 Å². The molecule has 0 heterocycles. The highest BCUT2D eigenvalue weighted by Gasteiger charge is 2.38. The minimum Gasteiger partial charge on any atom is -0.489 e. The molecule has 0 aliphatic rings. The minimum atomic E-state index is -3.40. The molecule has 120 valence electrons. The Morgan fingerprint density at radius 3 is 2.27 bits per heavy atom. The summed E-state index contributed by atoms with van der Waals surface area (Å²) in [5.41, 5.74) is 6.66. The van der Waals surface area contributed by atoms with Gasteiger partial charge in [-0.05, 0) is 11.6 Å². The second-order valence-electron chi connectivity index (χ2n) is 4.71. The second kappa shape index (κ2) is 8.08. The number of alkyl halides is 2. The van der Waals surface area contributed by atoms with Crippen LogP contribution in [0.5, 0.6) is 5.75 Å². The first-order chi connectivity index (χ1) is 10.0. The van der Waals surface area contributed by atoms with Gasteiger partial charge in [0.05, 0.1) is 0 Å². The monoisotopic (exact) mass is 329 g/mol. The smallest absolute Gasteiger partial charge is 0.289 e. The first-order valence-electron chi connectivity index (χ1n) is 6.54. The lowest BCUT2D eigenvalue weighted by molar-refractivity contribution is -0.0716. The van der Waals surface area contributed by atoms with Gasteiger partial charge in [-0.2, -0.15) is 0 Å². The summed E-state index contributed by atoms with van der Waals surface area (Å²) in [5, 5.41) is 8.75. The summed E-state index contributed by atoms with van der Waals surface area (Å²) >= 11 is 0. The Balaban J connectivity index is 0.00000242. The van der Waals surface area contributed by atoms with Crippen molar-refractivity contribution in [3.05, 3.63) is 65.7 Å². The van der Waals surface area contributed by atoms with Crippen LogP contribution in [-0.2, 0) is 6.61 Å². The average Bonchev–Trinajstić information content (AvgIpc) is 2.53. The molecule has 0 unspecified atom stereocenters. The minimum absolute atomic E-state index is 0. The molecule has 0 aliphatic heterocycles. The predicted molar refractivity (Wildman–Crippen MR) is 83.4 cm³/mol. The molecule has 0 radical (unpaired) electrons. The van der Waals surface area contributed by atoms with E-state index in [2.05, 4.69) is 0 Å². The van der Waals surface area contributed by atoms with Crippen molar-refractivity contribution in [3.63, 3.8) is 0 Å². The number of aliphatic hydroxyl groups excluding tert-OH is 1. The van der Waals surface area contributed by atoms with Crippen LogP contribution < -0.4 is 10.5 Å². The maximum absolute atomic E-state index is 13.5. The Bertz CT molecular complexity index is 581. The fourth-order valence-corrected chi connectivity index (χ4v) is 1.93. The van der Waals surface area contributed by atoms with Crippen LogP contribution in [0.1, 0.15) is 17.2 Å². The Morgan fingerprint density at radius 2 is 1.64 bits per heavy atom. The van der Waals surface area contributed by atoms with Crippen molar-refractivity contribution in [1.29, 1.82) is 0 Å². The average molecular weight is 330 g/mol. The van der Waals surface area contributed by atoms with Gasteiger partial charge >= 0.3 is 0 Å². The molecule has 2 rings (SSSR count). The van der Waals surface area contributed by atoms with Crippen LogP contribution in [0.3, 0.4) is 0 Å². The van der Waals surface area contributed by atoms with Crippen LogP contribution in [0.2, 0.25) is 0 Å². The highest BCUT2D eigenvalue weighted by atomic mass is 35.5. The molecule has 0 saturated heterocycles. The highest BCUT2D eigenvalue weighted by Crippen LogP contribution is 2.34. The molecule has 0 bridgehead atoms. The molecule has 0 amide bonds. The molecule has 2 aromatic rings. The number of halogens is 3. The van der Waals surface area contributed by atoms with E-state index >= 15 is 0 Å². The molecule has 0 aromatic heterocycles. The number of hydrogen-bond acceptors (Lipinski definition) is 3. The summed E-state index contributed by atoms with van der Waals surface area (Å²) in [6.07, 6.45) is 0. The van der Waals surface area contributed by atoms with E-state index in [-0.39, 0.29) is 24.6 Å². The fourth-order valence-electron chi connectivity index (χ4n) is 1.93. The highest BCUT2D eigenvalue weighted by molar-refractivity contribution is 5.85. The van der Waals surface area contributed by atoms with Crippen LogP contribution in [0.25, 0.3) is 0 Å². The van der Waals surface area contributed by atoms with Crippen LogP contribution in [0.15, 0.2) is 54.6 Å².